The number of nitrogens with zero attached hydrogens (tertiary/aromatic N) is 2. The summed E-state index contributed by atoms with van der Waals surface area (Å²) in [6.07, 6.45) is 2.07. The van der Waals surface area contributed by atoms with E-state index < -0.39 is 0 Å². The first kappa shape index (κ1) is 16.0. The Hall–Kier alpha value is 0.150. The van der Waals surface area contributed by atoms with Crippen molar-refractivity contribution in [2.24, 2.45) is 0 Å². The van der Waals surface area contributed by atoms with Gasteiger partial charge in [0.15, 0.2) is 0 Å². The average molecular weight is 316 g/mol. The molecule has 0 saturated carbocycles. The number of thioether (sulfide) groups is 1. The molecule has 5 nitrogen and oxygen atoms in total. The summed E-state index contributed by atoms with van der Waals surface area (Å²) in [5, 5.41) is 10.4. The Morgan fingerprint density at radius 3 is 2.38 bits per heavy atom. The molecule has 0 aliphatic carbocycles. The van der Waals surface area contributed by atoms with Crippen molar-refractivity contribution in [3.05, 3.63) is 0 Å². The van der Waals surface area contributed by atoms with Crippen LogP contribution in [0.25, 0.3) is 0 Å². The van der Waals surface area contributed by atoms with Crippen LogP contribution in [-0.2, 0) is 9.47 Å². The highest BCUT2D eigenvalue weighted by Crippen LogP contribution is 2.39. The first-order valence-electron chi connectivity index (χ1n) is 8.18. The summed E-state index contributed by atoms with van der Waals surface area (Å²) in [4.78, 5) is 4.78. The highest BCUT2D eigenvalue weighted by atomic mass is 32.2. The number of morpholine rings is 1. The fraction of sp³-hybridized carbons (Fsp3) is 1.00. The summed E-state index contributed by atoms with van der Waals surface area (Å²) in [6.45, 7) is 9.11. The Kier molecular flexibility index (Phi) is 5.81. The van der Waals surface area contributed by atoms with Gasteiger partial charge in [0.25, 0.3) is 0 Å². The molecule has 6 heteroatoms. The lowest BCUT2D eigenvalue weighted by Gasteiger charge is -2.45. The van der Waals surface area contributed by atoms with Crippen molar-refractivity contribution in [2.45, 2.75) is 23.7 Å². The van der Waals surface area contributed by atoms with Gasteiger partial charge in [-0.25, -0.2) is 0 Å². The van der Waals surface area contributed by atoms with Gasteiger partial charge >= 0.3 is 0 Å². The van der Waals surface area contributed by atoms with Crippen LogP contribution in [0.3, 0.4) is 0 Å². The number of ether oxygens (including phenoxy) is 2. The van der Waals surface area contributed by atoms with Crippen LogP contribution in [0.1, 0.15) is 12.8 Å². The van der Waals surface area contributed by atoms with Crippen molar-refractivity contribution in [1.82, 2.24) is 9.80 Å². The number of aliphatic hydroxyl groups excluding tert-OH is 1. The van der Waals surface area contributed by atoms with Gasteiger partial charge in [-0.15, -0.1) is 0 Å². The van der Waals surface area contributed by atoms with Crippen LogP contribution in [0.15, 0.2) is 0 Å². The van der Waals surface area contributed by atoms with Gasteiger partial charge in [0.1, 0.15) is 0 Å². The van der Waals surface area contributed by atoms with Crippen LogP contribution in [0.2, 0.25) is 0 Å². The maximum Gasteiger partial charge on any atom is 0.0793 e. The fourth-order valence-corrected chi connectivity index (χ4v) is 5.07. The molecule has 0 aromatic rings. The van der Waals surface area contributed by atoms with Gasteiger partial charge in [0.05, 0.1) is 19.3 Å². The molecule has 0 radical (unpaired) electrons. The second-order valence-corrected chi connectivity index (χ2v) is 8.01. The minimum atomic E-state index is -0.247. The molecule has 3 aliphatic heterocycles. The molecule has 3 saturated heterocycles. The molecular weight excluding hydrogens is 288 g/mol. The quantitative estimate of drug-likeness (QED) is 0.804. The van der Waals surface area contributed by atoms with Gasteiger partial charge < -0.3 is 14.6 Å². The summed E-state index contributed by atoms with van der Waals surface area (Å²) < 4.78 is 11.3. The lowest BCUT2D eigenvalue weighted by Crippen LogP contribution is -2.52. The maximum absolute atomic E-state index is 10.4. The van der Waals surface area contributed by atoms with Gasteiger partial charge in [-0.3, -0.25) is 9.80 Å². The van der Waals surface area contributed by atoms with Crippen molar-refractivity contribution in [1.29, 1.82) is 0 Å². The molecule has 3 rings (SSSR count). The van der Waals surface area contributed by atoms with Crippen LogP contribution >= 0.6 is 11.8 Å². The SMILES string of the molecule is OC(CN1CCOCC1)CN1CCSC2(CCOCC2)C1. The largest absolute Gasteiger partial charge is 0.390 e. The van der Waals surface area contributed by atoms with Crippen LogP contribution in [0.4, 0.5) is 0 Å². The van der Waals surface area contributed by atoms with E-state index in [0.29, 0.717) is 4.75 Å². The van der Waals surface area contributed by atoms with Crippen LogP contribution in [0, 0.1) is 0 Å². The molecule has 1 atom stereocenters. The molecule has 3 fully saturated rings. The predicted molar refractivity (Wildman–Crippen MR) is 84.9 cm³/mol. The third-order valence-corrected chi connectivity index (χ3v) is 6.31. The maximum atomic E-state index is 10.4. The third-order valence-electron chi connectivity index (χ3n) is 4.77. The Labute approximate surface area is 131 Å². The van der Waals surface area contributed by atoms with E-state index in [2.05, 4.69) is 21.6 Å². The van der Waals surface area contributed by atoms with Gasteiger partial charge in [0, 0.05) is 63.0 Å². The summed E-state index contributed by atoms with van der Waals surface area (Å²) in [5.74, 6) is 1.18. The second-order valence-electron chi connectivity index (χ2n) is 6.45. The summed E-state index contributed by atoms with van der Waals surface area (Å²) >= 11 is 2.12. The fourth-order valence-electron chi connectivity index (χ4n) is 3.56. The highest BCUT2D eigenvalue weighted by Gasteiger charge is 2.38. The van der Waals surface area contributed by atoms with Gasteiger partial charge in [0.2, 0.25) is 0 Å². The summed E-state index contributed by atoms with van der Waals surface area (Å²) in [6, 6.07) is 0. The van der Waals surface area contributed by atoms with E-state index in [9.17, 15) is 5.11 Å². The topological polar surface area (TPSA) is 45.2 Å². The molecule has 3 aliphatic rings. The standard InChI is InChI=1S/C15H28N2O3S/c18-14(11-16-3-8-20-9-4-16)12-17-5-10-21-15(13-17)1-6-19-7-2-15/h14,18H,1-13H2. The molecule has 1 unspecified atom stereocenters. The zero-order chi connectivity index (χ0) is 14.5. The highest BCUT2D eigenvalue weighted by molar-refractivity contribution is 8.00. The van der Waals surface area contributed by atoms with Crippen molar-refractivity contribution < 1.29 is 14.6 Å². The van der Waals surface area contributed by atoms with E-state index in [1.807, 2.05) is 0 Å². The minimum Gasteiger partial charge on any atom is -0.390 e. The Balaban J connectivity index is 1.45. The third kappa shape index (κ3) is 4.56. The number of β-amino-alcohol motifs (C(OH)–C–C–N with tert-alkyl or cyclic N) is 1. The van der Waals surface area contributed by atoms with Crippen LogP contribution in [-0.4, -0.2) is 97.2 Å². The molecule has 0 aromatic carbocycles. The van der Waals surface area contributed by atoms with E-state index in [0.717, 1.165) is 78.5 Å². The van der Waals surface area contributed by atoms with Crippen LogP contribution in [0.5, 0.6) is 0 Å². The monoisotopic (exact) mass is 316 g/mol. The predicted octanol–water partition coefficient (Wildman–Crippen LogP) is 0.278. The zero-order valence-corrected chi connectivity index (χ0v) is 13.7. The molecule has 1 spiro atoms. The van der Waals surface area contributed by atoms with E-state index >= 15 is 0 Å². The molecule has 0 amide bonds. The molecule has 0 aromatic heterocycles. The van der Waals surface area contributed by atoms with E-state index in [4.69, 9.17) is 9.47 Å². The molecule has 122 valence electrons. The molecule has 0 bridgehead atoms. The summed E-state index contributed by atoms with van der Waals surface area (Å²) in [5.41, 5.74) is 0. The summed E-state index contributed by atoms with van der Waals surface area (Å²) in [7, 11) is 0. The van der Waals surface area contributed by atoms with Crippen molar-refractivity contribution >= 4 is 11.8 Å². The van der Waals surface area contributed by atoms with E-state index in [1.165, 1.54) is 5.75 Å². The number of rotatable bonds is 4. The molecule has 21 heavy (non-hydrogen) atoms. The Morgan fingerprint density at radius 2 is 1.62 bits per heavy atom. The zero-order valence-electron chi connectivity index (χ0n) is 12.8. The first-order chi connectivity index (χ1) is 10.3. The molecular formula is C15H28N2O3S. The normalized spacial score (nSPS) is 29.6. The molecule has 3 heterocycles. The number of hydrogen-bond acceptors (Lipinski definition) is 6. The lowest BCUT2D eigenvalue weighted by molar-refractivity contribution is 0.00387. The first-order valence-corrected chi connectivity index (χ1v) is 9.17. The van der Waals surface area contributed by atoms with E-state index in [-0.39, 0.29) is 6.10 Å². The second kappa shape index (κ2) is 7.62. The molecule has 1 N–H and O–H groups in total. The van der Waals surface area contributed by atoms with Gasteiger partial charge in [-0.05, 0) is 12.8 Å². The van der Waals surface area contributed by atoms with Crippen LogP contribution < -0.4 is 0 Å². The Bertz CT molecular complexity index is 315. The smallest absolute Gasteiger partial charge is 0.0793 e. The van der Waals surface area contributed by atoms with Crippen molar-refractivity contribution in [3.8, 4) is 0 Å². The van der Waals surface area contributed by atoms with Gasteiger partial charge in [-0.1, -0.05) is 0 Å². The average Bonchev–Trinajstić information content (AvgIpc) is 2.49. The lowest BCUT2D eigenvalue weighted by atomic mass is 9.97. The Morgan fingerprint density at radius 1 is 0.952 bits per heavy atom. The van der Waals surface area contributed by atoms with E-state index in [1.54, 1.807) is 0 Å². The van der Waals surface area contributed by atoms with Gasteiger partial charge in [-0.2, -0.15) is 11.8 Å². The van der Waals surface area contributed by atoms with Crippen molar-refractivity contribution in [2.75, 3.05) is 71.4 Å². The minimum absolute atomic E-state index is 0.247. The number of hydrogen-bond donors (Lipinski definition) is 1. The number of aliphatic hydroxyl groups is 1. The van der Waals surface area contributed by atoms with Crippen molar-refractivity contribution in [3.63, 3.8) is 0 Å².